The van der Waals surface area contributed by atoms with Gasteiger partial charge in [-0.15, -0.1) is 0 Å². The summed E-state index contributed by atoms with van der Waals surface area (Å²) < 4.78 is 0.556. The lowest BCUT2D eigenvalue weighted by Gasteiger charge is -2.12. The number of carboxylic acids is 2. The van der Waals surface area contributed by atoms with Crippen molar-refractivity contribution in [3.05, 3.63) is 28.5 Å². The highest BCUT2D eigenvalue weighted by Gasteiger charge is 2.23. The van der Waals surface area contributed by atoms with Crippen LogP contribution in [0.1, 0.15) is 16.8 Å². The molecular formula is C10H11BrN2O6. The smallest absolute Gasteiger partial charge is 0.326 e. The maximum Gasteiger partial charge on any atom is 0.326 e. The third-order valence-electron chi connectivity index (χ3n) is 1.95. The first kappa shape index (κ1) is 17.0. The van der Waals surface area contributed by atoms with Crippen LogP contribution in [0, 0.1) is 0 Å². The minimum Gasteiger partial charge on any atom is -0.481 e. The van der Waals surface area contributed by atoms with Gasteiger partial charge in [0.2, 0.25) is 0 Å². The van der Waals surface area contributed by atoms with Gasteiger partial charge < -0.3 is 21.0 Å². The third-order valence-corrected chi connectivity index (χ3v) is 2.38. The van der Waals surface area contributed by atoms with E-state index in [4.69, 9.17) is 10.2 Å². The zero-order chi connectivity index (χ0) is 13.7. The van der Waals surface area contributed by atoms with Crippen molar-refractivity contribution in [1.29, 1.82) is 0 Å². The standard InChI is InChI=1S/C10H9BrN2O5.H2O/c11-6-1-5(3-12-4-6)9(16)13-7(10(17)18)2-8(14)15;/h1,3-4,7H,2H2,(H,13,16)(H,14,15)(H,17,18);1H2. The van der Waals surface area contributed by atoms with Crippen LogP contribution in [0.5, 0.6) is 0 Å². The van der Waals surface area contributed by atoms with Crippen molar-refractivity contribution in [1.82, 2.24) is 10.3 Å². The molecule has 1 aromatic heterocycles. The fourth-order valence-electron chi connectivity index (χ4n) is 1.15. The summed E-state index contributed by atoms with van der Waals surface area (Å²) in [5, 5.41) is 19.4. The summed E-state index contributed by atoms with van der Waals surface area (Å²) in [6, 6.07) is -0.0314. The monoisotopic (exact) mass is 334 g/mol. The number of hydrogen-bond acceptors (Lipinski definition) is 4. The topological polar surface area (TPSA) is 148 Å². The lowest BCUT2D eigenvalue weighted by Crippen LogP contribution is -2.42. The van der Waals surface area contributed by atoms with E-state index in [2.05, 4.69) is 26.2 Å². The van der Waals surface area contributed by atoms with Gasteiger partial charge in [-0.3, -0.25) is 14.6 Å². The van der Waals surface area contributed by atoms with E-state index in [1.807, 2.05) is 0 Å². The molecule has 1 rings (SSSR count). The molecule has 0 aliphatic carbocycles. The van der Waals surface area contributed by atoms with E-state index in [-0.39, 0.29) is 11.0 Å². The first-order valence-electron chi connectivity index (χ1n) is 4.76. The van der Waals surface area contributed by atoms with Crippen molar-refractivity contribution >= 4 is 33.8 Å². The zero-order valence-electron chi connectivity index (χ0n) is 9.46. The van der Waals surface area contributed by atoms with Crippen LogP contribution < -0.4 is 5.32 Å². The second-order valence-corrected chi connectivity index (χ2v) is 4.27. The Bertz CT molecular complexity index is 493. The lowest BCUT2D eigenvalue weighted by molar-refractivity contribution is -0.145. The quantitative estimate of drug-likeness (QED) is 0.671. The Hall–Kier alpha value is -2.00. The van der Waals surface area contributed by atoms with E-state index in [9.17, 15) is 14.4 Å². The number of aliphatic carboxylic acids is 2. The molecule has 0 aliphatic heterocycles. The number of carbonyl (C=O) groups excluding carboxylic acids is 1. The predicted octanol–water partition coefficient (Wildman–Crippen LogP) is -0.323. The van der Waals surface area contributed by atoms with Gasteiger partial charge >= 0.3 is 11.9 Å². The number of pyridine rings is 1. The second-order valence-electron chi connectivity index (χ2n) is 3.35. The predicted molar refractivity (Wildman–Crippen MR) is 66.7 cm³/mol. The molecule has 104 valence electrons. The molecule has 1 heterocycles. The summed E-state index contributed by atoms with van der Waals surface area (Å²) >= 11 is 3.11. The van der Waals surface area contributed by atoms with Gasteiger partial charge in [0.1, 0.15) is 6.04 Å². The summed E-state index contributed by atoms with van der Waals surface area (Å²) in [7, 11) is 0. The van der Waals surface area contributed by atoms with E-state index in [1.54, 1.807) is 0 Å². The maximum absolute atomic E-state index is 11.7. The van der Waals surface area contributed by atoms with Crippen LogP contribution in [0.25, 0.3) is 0 Å². The molecule has 1 atom stereocenters. The number of hydrogen-bond donors (Lipinski definition) is 3. The van der Waals surface area contributed by atoms with Crippen molar-refractivity contribution in [3.8, 4) is 0 Å². The number of halogens is 1. The van der Waals surface area contributed by atoms with Crippen LogP contribution in [-0.2, 0) is 9.59 Å². The first-order valence-corrected chi connectivity index (χ1v) is 5.55. The first-order chi connectivity index (χ1) is 8.40. The Morgan fingerprint density at radius 2 is 1.95 bits per heavy atom. The van der Waals surface area contributed by atoms with Crippen molar-refractivity contribution < 1.29 is 30.1 Å². The summed E-state index contributed by atoms with van der Waals surface area (Å²) in [6.45, 7) is 0. The Morgan fingerprint density at radius 1 is 1.32 bits per heavy atom. The number of amides is 1. The lowest BCUT2D eigenvalue weighted by atomic mass is 10.2. The molecule has 5 N–H and O–H groups in total. The average Bonchev–Trinajstić information content (AvgIpc) is 2.27. The normalized spacial score (nSPS) is 11.0. The minimum atomic E-state index is -1.48. The average molecular weight is 335 g/mol. The van der Waals surface area contributed by atoms with Crippen molar-refractivity contribution in [2.75, 3.05) is 0 Å². The number of nitrogens with zero attached hydrogens (tertiary/aromatic N) is 1. The van der Waals surface area contributed by atoms with Crippen LogP contribution in [-0.4, -0.2) is 44.6 Å². The summed E-state index contributed by atoms with van der Waals surface area (Å²) in [5.41, 5.74) is 0.140. The van der Waals surface area contributed by atoms with Gasteiger partial charge in [-0.25, -0.2) is 4.79 Å². The number of carbonyl (C=O) groups is 3. The molecule has 8 nitrogen and oxygen atoms in total. The van der Waals surface area contributed by atoms with Crippen LogP contribution in [0.15, 0.2) is 22.9 Å². The van der Waals surface area contributed by atoms with Crippen LogP contribution >= 0.6 is 15.9 Å². The van der Waals surface area contributed by atoms with Crippen molar-refractivity contribution in [2.24, 2.45) is 0 Å². The highest BCUT2D eigenvalue weighted by molar-refractivity contribution is 9.10. The van der Waals surface area contributed by atoms with E-state index in [1.165, 1.54) is 18.5 Å². The van der Waals surface area contributed by atoms with Gasteiger partial charge in [-0.1, -0.05) is 0 Å². The van der Waals surface area contributed by atoms with Crippen LogP contribution in [0.4, 0.5) is 0 Å². The molecule has 1 aromatic rings. The summed E-state index contributed by atoms with van der Waals surface area (Å²) in [6.07, 6.45) is 2.02. The molecular weight excluding hydrogens is 324 g/mol. The highest BCUT2D eigenvalue weighted by atomic mass is 79.9. The van der Waals surface area contributed by atoms with E-state index in [0.717, 1.165) is 0 Å². The Kier molecular flexibility index (Phi) is 6.66. The Balaban J connectivity index is 0.00000324. The van der Waals surface area contributed by atoms with Gasteiger partial charge in [0.25, 0.3) is 5.91 Å². The largest absolute Gasteiger partial charge is 0.481 e. The SMILES string of the molecule is O.O=C(O)CC(NC(=O)c1cncc(Br)c1)C(=O)O. The fraction of sp³-hybridized carbons (Fsp3) is 0.200. The van der Waals surface area contributed by atoms with E-state index in [0.29, 0.717) is 4.47 Å². The van der Waals surface area contributed by atoms with Crippen molar-refractivity contribution in [2.45, 2.75) is 12.5 Å². The molecule has 0 radical (unpaired) electrons. The van der Waals surface area contributed by atoms with Gasteiger partial charge in [0.15, 0.2) is 0 Å². The van der Waals surface area contributed by atoms with E-state index >= 15 is 0 Å². The molecule has 0 aromatic carbocycles. The molecule has 0 fully saturated rings. The highest BCUT2D eigenvalue weighted by Crippen LogP contribution is 2.09. The Labute approximate surface area is 115 Å². The summed E-state index contributed by atoms with van der Waals surface area (Å²) in [4.78, 5) is 36.6. The number of nitrogens with one attached hydrogen (secondary N) is 1. The molecule has 9 heteroatoms. The molecule has 0 saturated carbocycles. The molecule has 0 saturated heterocycles. The number of rotatable bonds is 5. The van der Waals surface area contributed by atoms with Gasteiger partial charge in [-0.2, -0.15) is 0 Å². The summed E-state index contributed by atoms with van der Waals surface area (Å²) in [5.74, 6) is -3.42. The van der Waals surface area contributed by atoms with Crippen LogP contribution in [0.3, 0.4) is 0 Å². The molecule has 1 amide bonds. The van der Waals surface area contributed by atoms with Crippen LogP contribution in [0.2, 0.25) is 0 Å². The zero-order valence-corrected chi connectivity index (χ0v) is 11.0. The van der Waals surface area contributed by atoms with Crippen molar-refractivity contribution in [3.63, 3.8) is 0 Å². The van der Waals surface area contributed by atoms with Gasteiger partial charge in [0, 0.05) is 16.9 Å². The van der Waals surface area contributed by atoms with Gasteiger partial charge in [0.05, 0.1) is 12.0 Å². The maximum atomic E-state index is 11.7. The number of aromatic nitrogens is 1. The number of carboxylic acid groups (broad SMARTS) is 2. The molecule has 0 aliphatic rings. The second kappa shape index (κ2) is 7.44. The molecule has 19 heavy (non-hydrogen) atoms. The minimum absolute atomic E-state index is 0. The molecule has 0 bridgehead atoms. The van der Waals surface area contributed by atoms with Gasteiger partial charge in [-0.05, 0) is 22.0 Å². The third kappa shape index (κ3) is 5.44. The molecule has 1 unspecified atom stereocenters. The molecule has 0 spiro atoms. The Morgan fingerprint density at radius 3 is 2.42 bits per heavy atom. The van der Waals surface area contributed by atoms with E-state index < -0.39 is 30.3 Å². The fourth-order valence-corrected chi connectivity index (χ4v) is 1.52.